The van der Waals surface area contributed by atoms with Crippen molar-refractivity contribution in [3.63, 3.8) is 0 Å². The van der Waals surface area contributed by atoms with Gasteiger partial charge in [0.2, 0.25) is 0 Å². The monoisotopic (exact) mass is 254 g/mol. The van der Waals surface area contributed by atoms with Gasteiger partial charge in [0, 0.05) is 25.0 Å². The lowest BCUT2D eigenvalue weighted by molar-refractivity contribution is -0.302. The van der Waals surface area contributed by atoms with Crippen LogP contribution in [0.15, 0.2) is 24.3 Å². The Kier molecular flexibility index (Phi) is 6.01. The number of esters is 1. The number of rotatable bonds is 2. The molecule has 0 aromatic heterocycles. The number of carbonyl (C=O) groups excluding carboxylic acids is 2. The number of carbonyl (C=O) groups is 2. The van der Waals surface area contributed by atoms with E-state index < -0.39 is 5.97 Å². The summed E-state index contributed by atoms with van der Waals surface area (Å²) in [6.45, 7) is 2.34. The minimum atomic E-state index is -1.08. The summed E-state index contributed by atoms with van der Waals surface area (Å²) in [6, 6.07) is 7.16. The van der Waals surface area contributed by atoms with E-state index in [4.69, 9.17) is 20.5 Å². The van der Waals surface area contributed by atoms with Crippen LogP contribution in [0, 0.1) is 0 Å². The third kappa shape index (κ3) is 7.37. The van der Waals surface area contributed by atoms with Gasteiger partial charge < -0.3 is 14.6 Å². The molecular weight excluding hydrogens is 236 g/mol. The van der Waals surface area contributed by atoms with E-state index >= 15 is 0 Å². The quantitative estimate of drug-likeness (QED) is 0.259. The third-order valence-electron chi connectivity index (χ3n) is 1.74. The zero-order valence-electron chi connectivity index (χ0n) is 11.0. The molecule has 0 heterocycles. The van der Waals surface area contributed by atoms with Crippen molar-refractivity contribution in [1.82, 2.24) is 4.59 Å². The second-order valence-corrected chi connectivity index (χ2v) is 4.12. The fraction of sp³-hybridized carbons (Fsp3) is 0.333. The van der Waals surface area contributed by atoms with Crippen molar-refractivity contribution in [2.45, 2.75) is 13.8 Å². The number of hydrogen-bond donors (Lipinski definition) is 1. The fourth-order valence-corrected chi connectivity index (χ4v) is 1.07. The van der Waals surface area contributed by atoms with Gasteiger partial charge in [-0.1, -0.05) is 6.07 Å². The molecule has 1 aromatic carbocycles. The van der Waals surface area contributed by atoms with Crippen molar-refractivity contribution in [2.24, 2.45) is 5.84 Å². The highest BCUT2D eigenvalue weighted by Crippen LogP contribution is 2.21. The molecule has 18 heavy (non-hydrogen) atoms. The Morgan fingerprint density at radius 2 is 1.78 bits per heavy atom. The minimum Gasteiger partial charge on any atom is -0.550 e. The minimum absolute atomic E-state index is 0.203. The van der Waals surface area contributed by atoms with E-state index in [0.717, 1.165) is 12.6 Å². The third-order valence-corrected chi connectivity index (χ3v) is 1.74. The predicted molar refractivity (Wildman–Crippen MR) is 66.3 cm³/mol. The summed E-state index contributed by atoms with van der Waals surface area (Å²) >= 11 is 0. The lowest BCUT2D eigenvalue weighted by atomic mass is 10.3. The number of hydrogen-bond acceptors (Lipinski definition) is 5. The molecule has 0 spiro atoms. The maximum atomic E-state index is 10.7. The molecule has 0 saturated carbocycles. The van der Waals surface area contributed by atoms with E-state index in [9.17, 15) is 4.79 Å². The summed E-state index contributed by atoms with van der Waals surface area (Å²) in [6.07, 6.45) is 0. The van der Waals surface area contributed by atoms with Gasteiger partial charge in [-0.15, -0.1) is 0 Å². The van der Waals surface area contributed by atoms with Crippen LogP contribution in [0.25, 0.3) is 0 Å². The maximum absolute atomic E-state index is 10.7. The van der Waals surface area contributed by atoms with Crippen LogP contribution in [0.2, 0.25) is 0 Å². The molecule has 0 fully saturated rings. The number of ether oxygens (including phenoxy) is 1. The Bertz CT molecular complexity index is 420. The van der Waals surface area contributed by atoms with Gasteiger partial charge in [-0.05, 0) is 13.0 Å². The normalized spacial score (nSPS) is 10.1. The SMILES string of the molecule is CC(=O)Oc1cccc([N+](C)(C)N)c1.CC(=O)[O-]. The van der Waals surface area contributed by atoms with Crippen molar-refractivity contribution in [1.29, 1.82) is 0 Å². The second-order valence-electron chi connectivity index (χ2n) is 4.12. The Labute approximate surface area is 106 Å². The summed E-state index contributed by atoms with van der Waals surface area (Å²) in [4.78, 5) is 19.6. The van der Waals surface area contributed by atoms with Crippen molar-refractivity contribution >= 4 is 17.6 Å². The lowest BCUT2D eigenvalue weighted by Gasteiger charge is -2.21. The summed E-state index contributed by atoms with van der Waals surface area (Å²) < 4.78 is 5.15. The molecule has 6 heteroatoms. The molecule has 2 N–H and O–H groups in total. The number of aliphatic carboxylic acids is 1. The van der Waals surface area contributed by atoms with Gasteiger partial charge in [-0.3, -0.25) is 4.79 Å². The molecule has 100 valence electrons. The van der Waals surface area contributed by atoms with E-state index in [-0.39, 0.29) is 10.6 Å². The number of quaternary nitrogens is 1. The molecular formula is C12H18N2O4. The van der Waals surface area contributed by atoms with Gasteiger partial charge in [0.1, 0.15) is 5.75 Å². The smallest absolute Gasteiger partial charge is 0.308 e. The molecule has 0 amide bonds. The van der Waals surface area contributed by atoms with E-state index in [1.807, 2.05) is 20.2 Å². The van der Waals surface area contributed by atoms with Gasteiger partial charge in [0.25, 0.3) is 0 Å². The van der Waals surface area contributed by atoms with Crippen molar-refractivity contribution < 1.29 is 19.4 Å². The van der Waals surface area contributed by atoms with Crippen LogP contribution in [-0.2, 0) is 9.59 Å². The Morgan fingerprint density at radius 1 is 1.28 bits per heavy atom. The number of nitrogens with zero attached hydrogens (tertiary/aromatic N) is 1. The van der Waals surface area contributed by atoms with Crippen LogP contribution in [-0.4, -0.2) is 26.0 Å². The molecule has 0 atom stereocenters. The van der Waals surface area contributed by atoms with Crippen LogP contribution < -0.4 is 20.3 Å². The van der Waals surface area contributed by atoms with Crippen LogP contribution in [0.1, 0.15) is 13.8 Å². The number of benzene rings is 1. The van der Waals surface area contributed by atoms with Crippen LogP contribution in [0.4, 0.5) is 5.69 Å². The average molecular weight is 254 g/mol. The van der Waals surface area contributed by atoms with Crippen LogP contribution >= 0.6 is 0 Å². The first kappa shape index (κ1) is 16.1. The van der Waals surface area contributed by atoms with Gasteiger partial charge >= 0.3 is 5.97 Å². The molecule has 0 unspecified atom stereocenters. The van der Waals surface area contributed by atoms with Gasteiger partial charge in [-0.2, -0.15) is 5.84 Å². The van der Waals surface area contributed by atoms with Gasteiger partial charge in [-0.25, -0.2) is 4.59 Å². The standard InChI is InChI=1S/C10H15N2O2.C2H4O2/c1-8(13)14-10-6-4-5-9(7-10)12(2,3)11;1-2(3)4/h4-7H,11H2,1-3H3;1H3,(H,3,4)/q+1;/p-1. The topological polar surface area (TPSA) is 92.5 Å². The average Bonchev–Trinajstić information content (AvgIpc) is 2.14. The summed E-state index contributed by atoms with van der Waals surface area (Å²) in [5, 5.41) is 8.89. The molecule has 0 aliphatic rings. The van der Waals surface area contributed by atoms with E-state index in [2.05, 4.69) is 0 Å². The first-order valence-corrected chi connectivity index (χ1v) is 5.22. The molecule has 1 rings (SSSR count). The first-order chi connectivity index (χ1) is 8.12. The van der Waals surface area contributed by atoms with Crippen LogP contribution in [0.3, 0.4) is 0 Å². The largest absolute Gasteiger partial charge is 0.550 e. The number of carboxylic acid groups (broad SMARTS) is 1. The Hall–Kier alpha value is -1.92. The number of carboxylic acids is 1. The molecule has 0 aliphatic heterocycles. The molecule has 0 radical (unpaired) electrons. The zero-order chi connectivity index (χ0) is 14.3. The summed E-state index contributed by atoms with van der Waals surface area (Å²) in [7, 11) is 3.68. The van der Waals surface area contributed by atoms with Gasteiger partial charge in [0.15, 0.2) is 5.69 Å². The van der Waals surface area contributed by atoms with E-state index in [1.54, 1.807) is 18.2 Å². The number of nitrogens with two attached hydrogens (primary N) is 1. The lowest BCUT2D eigenvalue weighted by Crippen LogP contribution is -2.47. The predicted octanol–water partition coefficient (Wildman–Crippen LogP) is -0.191. The Balaban J connectivity index is 0.000000631. The fourth-order valence-electron chi connectivity index (χ4n) is 1.07. The highest BCUT2D eigenvalue weighted by atomic mass is 16.5. The highest BCUT2D eigenvalue weighted by Gasteiger charge is 2.14. The molecule has 1 aromatic rings. The van der Waals surface area contributed by atoms with Crippen molar-refractivity contribution in [3.05, 3.63) is 24.3 Å². The molecule has 0 saturated heterocycles. The summed E-state index contributed by atoms with van der Waals surface area (Å²) in [5.74, 6) is 4.96. The van der Waals surface area contributed by atoms with Gasteiger partial charge in [0.05, 0.1) is 14.1 Å². The van der Waals surface area contributed by atoms with E-state index in [1.165, 1.54) is 6.92 Å². The van der Waals surface area contributed by atoms with E-state index in [0.29, 0.717) is 5.75 Å². The van der Waals surface area contributed by atoms with Crippen molar-refractivity contribution in [3.8, 4) is 5.75 Å². The molecule has 6 nitrogen and oxygen atoms in total. The molecule has 0 aliphatic carbocycles. The molecule has 0 bridgehead atoms. The highest BCUT2D eigenvalue weighted by molar-refractivity contribution is 5.69. The maximum Gasteiger partial charge on any atom is 0.308 e. The zero-order valence-corrected chi connectivity index (χ0v) is 11.0. The van der Waals surface area contributed by atoms with Crippen molar-refractivity contribution in [2.75, 3.05) is 14.1 Å². The first-order valence-electron chi connectivity index (χ1n) is 5.22. The Morgan fingerprint density at radius 3 is 2.17 bits per heavy atom. The summed E-state index contributed by atoms with van der Waals surface area (Å²) in [5.41, 5.74) is 0.878. The van der Waals surface area contributed by atoms with Crippen LogP contribution in [0.5, 0.6) is 5.75 Å². The second kappa shape index (κ2) is 6.73.